The third-order valence-electron chi connectivity index (χ3n) is 16.3. The van der Waals surface area contributed by atoms with Crippen molar-refractivity contribution >= 4 is 78.3 Å². The predicted molar refractivity (Wildman–Crippen MR) is 402 cm³/mol. The van der Waals surface area contributed by atoms with Crippen molar-refractivity contribution in [2.24, 2.45) is 15.0 Å². The van der Waals surface area contributed by atoms with Crippen molar-refractivity contribution < 1.29 is 9.47 Å². The molecule has 0 bridgehead atoms. The van der Waals surface area contributed by atoms with Gasteiger partial charge in [-0.1, -0.05) is 145 Å². The molecule has 0 spiro atoms. The zero-order chi connectivity index (χ0) is 69.5. The van der Waals surface area contributed by atoms with Gasteiger partial charge in [-0.3, -0.25) is 15.0 Å². The molecule has 7 heterocycles. The number of nitriles is 1. The van der Waals surface area contributed by atoms with Crippen LogP contribution < -0.4 is 42.6 Å². The van der Waals surface area contributed by atoms with Gasteiger partial charge in [-0.05, 0) is 112 Å². The van der Waals surface area contributed by atoms with Crippen molar-refractivity contribution in [2.75, 3.05) is 64.1 Å². The smallest absolute Gasteiger partial charge is 0.162 e. The standard InChI is InChI=1S/C23H22N4.2C20H16N4.C20H15N3O2/c1-15-18-6-4-5-7-19(18)20(21(24)26-15)13-10-16-8-11-17(12-9-16)22-25-14-23(2,3)27-22;21-19-18-4-2-1-3-17(18)16(13-24-19)10-7-14-5-8-15(9-6-14)20-22-11-12-23-20;21-19-13-16(17-3-1-2-4-18(17)24-19)10-7-14-5-8-15(9-6-14)20-22-11-12-23-20;1-13-22-17(9-8-14-4-6-15(12-21)7-5-14)16-10-19(24-2)20(25-3)11-18(16)23-13/h4-9,11-12H,14H2,1-3H3,(H2,24,26)(H,25,27);2*1-6,8-9,13H,11-12H2,(H2,21,24)(H,22,23);4-7,10-11H,1-3H3. The molecule has 4 aromatic heterocycles. The summed E-state index contributed by atoms with van der Waals surface area (Å²) >= 11 is 0. The molecular formula is C83H69N15O2. The van der Waals surface area contributed by atoms with Gasteiger partial charge >= 0.3 is 0 Å². The number of nitrogens with zero attached hydrogens (tertiary/aromatic N) is 9. The third kappa shape index (κ3) is 16.1. The molecule has 0 amide bonds. The van der Waals surface area contributed by atoms with Crippen molar-refractivity contribution in [3.8, 4) is 64.9 Å². The molecule has 15 rings (SSSR count). The molecule has 8 aromatic carbocycles. The summed E-state index contributed by atoms with van der Waals surface area (Å²) in [6, 6.07) is 62.9. The van der Waals surface area contributed by atoms with E-state index in [9.17, 15) is 0 Å². The average Bonchev–Trinajstić information content (AvgIpc) is 1.29. The molecule has 0 radical (unpaired) electrons. The lowest BCUT2D eigenvalue weighted by atomic mass is 10.0. The van der Waals surface area contributed by atoms with E-state index in [1.807, 2.05) is 190 Å². The summed E-state index contributed by atoms with van der Waals surface area (Å²) in [7, 11) is 3.17. The number of nitrogen functional groups attached to an aromatic ring is 3. The number of ether oxygens (including phenoxy) is 2. The first kappa shape index (κ1) is 66.5. The number of benzene rings is 8. The quantitative estimate of drug-likeness (QED) is 0.0876. The van der Waals surface area contributed by atoms with Gasteiger partial charge in [-0.25, -0.2) is 24.9 Å². The largest absolute Gasteiger partial charge is 0.493 e. The molecule has 0 unspecified atom stereocenters. The van der Waals surface area contributed by atoms with Crippen LogP contribution in [-0.4, -0.2) is 94.9 Å². The van der Waals surface area contributed by atoms with E-state index in [-0.39, 0.29) is 5.54 Å². The first-order valence-corrected chi connectivity index (χ1v) is 32.3. The Balaban J connectivity index is 0.000000126. The highest BCUT2D eigenvalue weighted by Gasteiger charge is 2.25. The Morgan fingerprint density at radius 3 is 1.53 bits per heavy atom. The third-order valence-corrected chi connectivity index (χ3v) is 16.3. The summed E-state index contributed by atoms with van der Waals surface area (Å²) in [5.74, 6) is 31.6. The van der Waals surface area contributed by atoms with Crippen molar-refractivity contribution in [1.29, 1.82) is 5.26 Å². The lowest BCUT2D eigenvalue weighted by Gasteiger charge is -2.18. The van der Waals surface area contributed by atoms with Crippen molar-refractivity contribution in [3.05, 3.63) is 273 Å². The normalized spacial score (nSPS) is 12.8. The highest BCUT2D eigenvalue weighted by atomic mass is 16.5. The number of aliphatic imine (C=N–C) groups is 3. The second-order valence-electron chi connectivity index (χ2n) is 24.0. The van der Waals surface area contributed by atoms with Crippen LogP contribution in [0.25, 0.3) is 43.4 Å². The number of nitrogens with two attached hydrogens (primary N) is 3. The number of hydrogen-bond donors (Lipinski definition) is 6. The number of anilines is 3. The van der Waals surface area contributed by atoms with Gasteiger partial charge in [0.15, 0.2) is 11.5 Å². The number of hydrogen-bond acceptors (Lipinski definition) is 17. The zero-order valence-electron chi connectivity index (χ0n) is 56.1. The van der Waals surface area contributed by atoms with Crippen LogP contribution in [0.5, 0.6) is 11.5 Å². The minimum Gasteiger partial charge on any atom is -0.493 e. The number of methoxy groups -OCH3 is 2. The Labute approximate surface area is 580 Å². The molecular weight excluding hydrogens is 1240 g/mol. The van der Waals surface area contributed by atoms with Gasteiger partial charge in [0.1, 0.15) is 46.5 Å². The lowest BCUT2D eigenvalue weighted by Crippen LogP contribution is -2.39. The summed E-state index contributed by atoms with van der Waals surface area (Å²) in [5, 5.41) is 24.7. The van der Waals surface area contributed by atoms with Crippen molar-refractivity contribution in [3.63, 3.8) is 0 Å². The van der Waals surface area contributed by atoms with Crippen molar-refractivity contribution in [1.82, 2.24) is 40.9 Å². The molecule has 9 N–H and O–H groups in total. The molecule has 12 aromatic rings. The SMILES string of the molecule is COc1cc2nc(C)nc(C#Cc3ccc(C#N)cc3)c2cc1OC.Cc1nc(N)c(C#Cc2ccc(C3=NCC(C)(C)N3)cc2)c2ccccc12.Nc1cc(C#Cc2ccc(C3=NCCN3)cc2)c2ccccc2n1.Nc1ncc(C#Cc2ccc(C3=NCCN3)cc2)c2ccccc12. The van der Waals surface area contributed by atoms with Crippen LogP contribution in [0.1, 0.15) is 92.3 Å². The van der Waals surface area contributed by atoms with Crippen molar-refractivity contribution in [2.45, 2.75) is 33.2 Å². The minimum atomic E-state index is 0.0187. The molecule has 0 fully saturated rings. The highest BCUT2D eigenvalue weighted by Crippen LogP contribution is 2.33. The van der Waals surface area contributed by atoms with E-state index >= 15 is 0 Å². The molecule has 100 heavy (non-hydrogen) atoms. The average molecular weight is 1310 g/mol. The van der Waals surface area contributed by atoms with E-state index in [1.165, 1.54) is 0 Å². The number of fused-ring (bicyclic) bond motifs is 4. The van der Waals surface area contributed by atoms with Gasteiger partial charge in [0.2, 0.25) is 0 Å². The van der Waals surface area contributed by atoms with Crippen LogP contribution in [0.3, 0.4) is 0 Å². The topological polar surface area (TPSA) is 258 Å². The number of nitrogens with one attached hydrogen (secondary N) is 3. The Kier molecular flexibility index (Phi) is 20.3. The summed E-state index contributed by atoms with van der Waals surface area (Å²) in [5.41, 5.74) is 31.2. The predicted octanol–water partition coefficient (Wildman–Crippen LogP) is 12.0. The van der Waals surface area contributed by atoms with E-state index in [0.29, 0.717) is 46.0 Å². The minimum absolute atomic E-state index is 0.0187. The fourth-order valence-electron chi connectivity index (χ4n) is 11.2. The second kappa shape index (κ2) is 30.5. The number of aromatic nitrogens is 5. The van der Waals surface area contributed by atoms with E-state index < -0.39 is 0 Å². The van der Waals surface area contributed by atoms with Gasteiger partial charge in [0.25, 0.3) is 0 Å². The maximum atomic E-state index is 8.85. The number of pyridine rings is 3. The summed E-state index contributed by atoms with van der Waals surface area (Å²) in [6.45, 7) is 12.4. The number of rotatable bonds is 5. The zero-order valence-corrected chi connectivity index (χ0v) is 56.1. The molecule has 0 aliphatic carbocycles. The van der Waals surface area contributed by atoms with E-state index in [1.54, 1.807) is 32.5 Å². The summed E-state index contributed by atoms with van der Waals surface area (Å²) < 4.78 is 10.7. The maximum Gasteiger partial charge on any atom is 0.162 e. The number of para-hydroxylation sites is 1. The maximum absolute atomic E-state index is 8.85. The Morgan fingerprint density at radius 2 is 0.960 bits per heavy atom. The van der Waals surface area contributed by atoms with Crippen LogP contribution >= 0.6 is 0 Å². The molecule has 17 nitrogen and oxygen atoms in total. The molecule has 17 heteroatoms. The van der Waals surface area contributed by atoms with E-state index in [4.69, 9.17) is 31.9 Å². The van der Waals surface area contributed by atoms with Gasteiger partial charge in [0, 0.05) is 108 Å². The van der Waals surface area contributed by atoms with Crippen LogP contribution in [0, 0.1) is 72.5 Å². The second-order valence-corrected chi connectivity index (χ2v) is 24.0. The summed E-state index contributed by atoms with van der Waals surface area (Å²) in [6.07, 6.45) is 1.73. The van der Waals surface area contributed by atoms with Gasteiger partial charge < -0.3 is 42.6 Å². The molecule has 3 aliphatic rings. The Hall–Kier alpha value is -13.5. The molecule has 3 aliphatic heterocycles. The first-order valence-electron chi connectivity index (χ1n) is 32.3. The molecule has 0 atom stereocenters. The van der Waals surface area contributed by atoms with Gasteiger partial charge in [-0.15, -0.1) is 0 Å². The van der Waals surface area contributed by atoms with Crippen LogP contribution in [0.15, 0.2) is 209 Å². The highest BCUT2D eigenvalue weighted by molar-refractivity contribution is 6.02. The van der Waals surface area contributed by atoms with Gasteiger partial charge in [-0.2, -0.15) is 5.26 Å². The Bertz CT molecular complexity index is 5520. The van der Waals surface area contributed by atoms with Crippen LogP contribution in [0.4, 0.5) is 17.5 Å². The molecule has 488 valence electrons. The van der Waals surface area contributed by atoms with Crippen LogP contribution in [0.2, 0.25) is 0 Å². The number of amidine groups is 3. The fourth-order valence-corrected chi connectivity index (χ4v) is 11.2. The summed E-state index contributed by atoms with van der Waals surface area (Å²) in [4.78, 5) is 35.3. The first-order chi connectivity index (χ1) is 48.7. The lowest BCUT2D eigenvalue weighted by molar-refractivity contribution is 0.355. The fraction of sp³-hybridized carbons (Fsp3) is 0.145. The van der Waals surface area contributed by atoms with Crippen LogP contribution in [-0.2, 0) is 0 Å². The van der Waals surface area contributed by atoms with E-state index in [2.05, 4.69) is 123 Å². The van der Waals surface area contributed by atoms with E-state index in [0.717, 1.165) is 155 Å². The van der Waals surface area contributed by atoms with Gasteiger partial charge in [0.05, 0.1) is 73.2 Å². The Morgan fingerprint density at radius 1 is 0.450 bits per heavy atom. The number of aryl methyl sites for hydroxylation is 2. The monoisotopic (exact) mass is 1310 g/mol. The molecule has 0 saturated carbocycles. The molecule has 0 saturated heterocycles.